The summed E-state index contributed by atoms with van der Waals surface area (Å²) < 4.78 is 20.9. The van der Waals surface area contributed by atoms with Gasteiger partial charge < -0.3 is 19.9 Å². The monoisotopic (exact) mass is 354 g/mol. The SMILES string of the molecule is CNC1CCc2c(c3cc(Nc4ccc(F)c(OC)c4)cnc3n2C)C1. The standard InChI is InChI=1S/C20H23FN4O/c1-22-12-5-7-18-15(8-12)16-9-14(11-23-20(16)25(18)2)24-13-4-6-17(21)19(10-13)26-3/h4,6,9-12,22,24H,5,7-8H2,1-3H3. The molecule has 0 bridgehead atoms. The largest absolute Gasteiger partial charge is 0.494 e. The molecule has 1 unspecified atom stereocenters. The lowest BCUT2D eigenvalue weighted by Crippen LogP contribution is -2.31. The van der Waals surface area contributed by atoms with Gasteiger partial charge >= 0.3 is 0 Å². The van der Waals surface area contributed by atoms with Crippen LogP contribution in [0.15, 0.2) is 30.5 Å². The second kappa shape index (κ2) is 6.61. The number of rotatable bonds is 4. The maximum atomic E-state index is 13.6. The first-order valence-electron chi connectivity index (χ1n) is 8.84. The van der Waals surface area contributed by atoms with Crippen molar-refractivity contribution in [1.29, 1.82) is 0 Å². The number of aryl methyl sites for hydroxylation is 1. The van der Waals surface area contributed by atoms with Gasteiger partial charge in [0.25, 0.3) is 0 Å². The molecule has 4 rings (SSSR count). The number of anilines is 2. The third kappa shape index (κ3) is 2.80. The van der Waals surface area contributed by atoms with Gasteiger partial charge in [0.2, 0.25) is 0 Å². The minimum absolute atomic E-state index is 0.220. The number of ether oxygens (including phenoxy) is 1. The van der Waals surface area contributed by atoms with E-state index in [4.69, 9.17) is 4.74 Å². The van der Waals surface area contributed by atoms with Crippen LogP contribution in [0.4, 0.5) is 15.8 Å². The molecular formula is C20H23FN4O. The number of nitrogens with one attached hydrogen (secondary N) is 2. The molecule has 1 aromatic carbocycles. The molecule has 2 N–H and O–H groups in total. The van der Waals surface area contributed by atoms with Crippen LogP contribution in [0.3, 0.4) is 0 Å². The molecule has 0 saturated heterocycles. The Morgan fingerprint density at radius 2 is 2.12 bits per heavy atom. The third-order valence-electron chi connectivity index (χ3n) is 5.29. The van der Waals surface area contributed by atoms with Gasteiger partial charge in [0, 0.05) is 35.9 Å². The van der Waals surface area contributed by atoms with E-state index in [2.05, 4.69) is 33.3 Å². The van der Waals surface area contributed by atoms with Gasteiger partial charge in [0.1, 0.15) is 5.65 Å². The maximum absolute atomic E-state index is 13.6. The molecule has 26 heavy (non-hydrogen) atoms. The van der Waals surface area contributed by atoms with Gasteiger partial charge in [0.05, 0.1) is 19.0 Å². The van der Waals surface area contributed by atoms with E-state index in [0.29, 0.717) is 6.04 Å². The number of pyridine rings is 1. The lowest BCUT2D eigenvalue weighted by atomic mass is 9.92. The Kier molecular flexibility index (Phi) is 4.28. The minimum atomic E-state index is -0.373. The van der Waals surface area contributed by atoms with E-state index < -0.39 is 0 Å². The molecule has 0 aliphatic heterocycles. The van der Waals surface area contributed by atoms with Gasteiger partial charge in [-0.15, -0.1) is 0 Å². The normalized spacial score (nSPS) is 16.5. The van der Waals surface area contributed by atoms with Crippen molar-refractivity contribution in [1.82, 2.24) is 14.9 Å². The van der Waals surface area contributed by atoms with Gasteiger partial charge in [-0.2, -0.15) is 0 Å². The van der Waals surface area contributed by atoms with Gasteiger partial charge in [-0.05, 0) is 50.1 Å². The van der Waals surface area contributed by atoms with Crippen LogP contribution in [0.25, 0.3) is 11.0 Å². The molecule has 5 nitrogen and oxygen atoms in total. The number of fused-ring (bicyclic) bond motifs is 3. The Morgan fingerprint density at radius 1 is 1.27 bits per heavy atom. The molecule has 0 spiro atoms. The predicted octanol–water partition coefficient (Wildman–Crippen LogP) is 3.54. The van der Waals surface area contributed by atoms with Crippen LogP contribution in [0, 0.1) is 5.82 Å². The summed E-state index contributed by atoms with van der Waals surface area (Å²) in [4.78, 5) is 4.67. The summed E-state index contributed by atoms with van der Waals surface area (Å²) >= 11 is 0. The Hall–Kier alpha value is -2.60. The fraction of sp³-hybridized carbons (Fsp3) is 0.350. The molecule has 0 fully saturated rings. The van der Waals surface area contributed by atoms with Crippen molar-refractivity contribution in [2.45, 2.75) is 25.3 Å². The summed E-state index contributed by atoms with van der Waals surface area (Å²) in [6, 6.07) is 7.38. The molecule has 3 aromatic rings. The fourth-order valence-corrected chi connectivity index (χ4v) is 3.86. The predicted molar refractivity (Wildman–Crippen MR) is 102 cm³/mol. The van der Waals surface area contributed by atoms with Crippen molar-refractivity contribution in [3.05, 3.63) is 47.5 Å². The third-order valence-corrected chi connectivity index (χ3v) is 5.29. The molecule has 6 heteroatoms. The van der Waals surface area contributed by atoms with E-state index >= 15 is 0 Å². The Labute approximate surface area is 152 Å². The van der Waals surface area contributed by atoms with E-state index in [1.807, 2.05) is 13.2 Å². The van der Waals surface area contributed by atoms with Crippen LogP contribution in [-0.2, 0) is 19.9 Å². The van der Waals surface area contributed by atoms with Crippen LogP contribution in [-0.4, -0.2) is 29.8 Å². The number of nitrogens with zero attached hydrogens (tertiary/aromatic N) is 2. The van der Waals surface area contributed by atoms with Crippen LogP contribution in [0.5, 0.6) is 5.75 Å². The number of hydrogen-bond acceptors (Lipinski definition) is 4. The van der Waals surface area contributed by atoms with Gasteiger partial charge in [-0.25, -0.2) is 9.37 Å². The zero-order chi connectivity index (χ0) is 18.3. The molecular weight excluding hydrogens is 331 g/mol. The Bertz CT molecular complexity index is 966. The molecule has 136 valence electrons. The summed E-state index contributed by atoms with van der Waals surface area (Å²) in [6.07, 6.45) is 5.04. The summed E-state index contributed by atoms with van der Waals surface area (Å²) in [6.45, 7) is 0. The first kappa shape index (κ1) is 16.8. The second-order valence-electron chi connectivity index (χ2n) is 6.78. The number of halogens is 1. The highest BCUT2D eigenvalue weighted by molar-refractivity contribution is 5.86. The zero-order valence-corrected chi connectivity index (χ0v) is 15.3. The summed E-state index contributed by atoms with van der Waals surface area (Å²) in [5.74, 6) is -0.153. The number of likely N-dealkylation sites (N-methyl/N-ethyl adjacent to an activating group) is 1. The fourth-order valence-electron chi connectivity index (χ4n) is 3.86. The van der Waals surface area contributed by atoms with Crippen LogP contribution < -0.4 is 15.4 Å². The van der Waals surface area contributed by atoms with Crippen molar-refractivity contribution in [2.75, 3.05) is 19.5 Å². The highest BCUT2D eigenvalue weighted by atomic mass is 19.1. The highest BCUT2D eigenvalue weighted by Crippen LogP contribution is 2.33. The van der Waals surface area contributed by atoms with Crippen molar-refractivity contribution in [3.8, 4) is 5.75 Å². The number of benzene rings is 1. The van der Waals surface area contributed by atoms with Crippen molar-refractivity contribution in [3.63, 3.8) is 0 Å². The van der Waals surface area contributed by atoms with Crippen LogP contribution >= 0.6 is 0 Å². The molecule has 0 radical (unpaired) electrons. The lowest BCUT2D eigenvalue weighted by molar-refractivity contribution is 0.387. The van der Waals surface area contributed by atoms with Crippen LogP contribution in [0.1, 0.15) is 17.7 Å². The molecule has 2 aromatic heterocycles. The molecule has 0 amide bonds. The van der Waals surface area contributed by atoms with Gasteiger partial charge in [0.15, 0.2) is 11.6 Å². The number of methoxy groups -OCH3 is 1. The number of hydrogen-bond donors (Lipinski definition) is 2. The molecule has 1 aliphatic carbocycles. The van der Waals surface area contributed by atoms with E-state index in [-0.39, 0.29) is 11.6 Å². The summed E-state index contributed by atoms with van der Waals surface area (Å²) in [5.41, 5.74) is 5.41. The van der Waals surface area contributed by atoms with Crippen molar-refractivity contribution >= 4 is 22.4 Å². The average molecular weight is 354 g/mol. The lowest BCUT2D eigenvalue weighted by Gasteiger charge is -2.22. The van der Waals surface area contributed by atoms with E-state index in [9.17, 15) is 4.39 Å². The van der Waals surface area contributed by atoms with E-state index in [1.165, 1.54) is 29.8 Å². The average Bonchev–Trinajstić information content (AvgIpc) is 2.94. The highest BCUT2D eigenvalue weighted by Gasteiger charge is 2.24. The zero-order valence-electron chi connectivity index (χ0n) is 15.3. The van der Waals surface area contributed by atoms with E-state index in [0.717, 1.165) is 36.3 Å². The first-order chi connectivity index (χ1) is 12.6. The van der Waals surface area contributed by atoms with E-state index in [1.54, 1.807) is 12.1 Å². The molecule has 0 saturated carbocycles. The molecule has 2 heterocycles. The van der Waals surface area contributed by atoms with Crippen molar-refractivity contribution < 1.29 is 9.13 Å². The minimum Gasteiger partial charge on any atom is -0.494 e. The number of aromatic nitrogens is 2. The topological polar surface area (TPSA) is 51.1 Å². The summed E-state index contributed by atoms with van der Waals surface area (Å²) in [7, 11) is 5.57. The molecule has 1 atom stereocenters. The Morgan fingerprint density at radius 3 is 2.88 bits per heavy atom. The smallest absolute Gasteiger partial charge is 0.165 e. The van der Waals surface area contributed by atoms with Gasteiger partial charge in [-0.1, -0.05) is 0 Å². The maximum Gasteiger partial charge on any atom is 0.165 e. The second-order valence-corrected chi connectivity index (χ2v) is 6.78. The van der Waals surface area contributed by atoms with Crippen molar-refractivity contribution in [2.24, 2.45) is 7.05 Å². The van der Waals surface area contributed by atoms with Crippen LogP contribution in [0.2, 0.25) is 0 Å². The quantitative estimate of drug-likeness (QED) is 0.752. The van der Waals surface area contributed by atoms with Gasteiger partial charge in [-0.3, -0.25) is 0 Å². The first-order valence-corrected chi connectivity index (χ1v) is 8.84. The Balaban J connectivity index is 1.71. The molecule has 1 aliphatic rings. The summed E-state index contributed by atoms with van der Waals surface area (Å²) in [5, 5.41) is 7.88.